The van der Waals surface area contributed by atoms with Crippen LogP contribution in [-0.2, 0) is 0 Å². The second-order valence-corrected chi connectivity index (χ2v) is 5.66. The first-order chi connectivity index (χ1) is 7.08. The number of aryl methyl sites for hydroxylation is 1. The third-order valence-corrected chi connectivity index (χ3v) is 3.64. The molecular formula is C9H5BrClFN2S. The van der Waals surface area contributed by atoms with Gasteiger partial charge in [0.05, 0.1) is 14.4 Å². The van der Waals surface area contributed by atoms with Crippen LogP contribution in [0.2, 0.25) is 5.15 Å². The Hall–Kier alpha value is -0.520. The minimum absolute atomic E-state index is 0.137. The highest BCUT2D eigenvalue weighted by molar-refractivity contribution is 9.11. The Kier molecular flexibility index (Phi) is 3.04. The van der Waals surface area contributed by atoms with Gasteiger partial charge in [0.15, 0.2) is 16.8 Å². The van der Waals surface area contributed by atoms with Crippen LogP contribution in [0.5, 0.6) is 0 Å². The number of halogens is 3. The number of aromatic nitrogens is 2. The molecule has 0 aliphatic heterocycles. The van der Waals surface area contributed by atoms with Crippen molar-refractivity contribution in [2.24, 2.45) is 0 Å². The van der Waals surface area contributed by atoms with Gasteiger partial charge >= 0.3 is 0 Å². The van der Waals surface area contributed by atoms with Crippen molar-refractivity contribution in [1.29, 1.82) is 0 Å². The van der Waals surface area contributed by atoms with Crippen LogP contribution in [0.1, 0.15) is 5.69 Å². The lowest BCUT2D eigenvalue weighted by Gasteiger charge is -2.01. The smallest absolute Gasteiger partial charge is 0.181 e. The third-order valence-electron chi connectivity index (χ3n) is 1.77. The number of thiophene rings is 1. The van der Waals surface area contributed by atoms with Gasteiger partial charge in [-0.15, -0.1) is 11.3 Å². The molecule has 0 aliphatic rings. The van der Waals surface area contributed by atoms with Crippen molar-refractivity contribution in [1.82, 2.24) is 9.97 Å². The molecule has 0 spiro atoms. The molecule has 2 heterocycles. The van der Waals surface area contributed by atoms with Crippen molar-refractivity contribution in [2.45, 2.75) is 6.92 Å². The first-order valence-electron chi connectivity index (χ1n) is 4.03. The lowest BCUT2D eigenvalue weighted by atomic mass is 10.4. The van der Waals surface area contributed by atoms with E-state index in [-0.39, 0.29) is 10.8 Å². The first kappa shape index (κ1) is 11.0. The quantitative estimate of drug-likeness (QED) is 0.742. The van der Waals surface area contributed by atoms with E-state index < -0.39 is 5.82 Å². The average molecular weight is 308 g/mol. The highest BCUT2D eigenvalue weighted by Gasteiger charge is 2.11. The molecule has 2 nitrogen and oxygen atoms in total. The van der Waals surface area contributed by atoms with Gasteiger partial charge in [0.2, 0.25) is 0 Å². The minimum Gasteiger partial charge on any atom is -0.229 e. The van der Waals surface area contributed by atoms with E-state index in [1.807, 2.05) is 12.1 Å². The van der Waals surface area contributed by atoms with E-state index in [9.17, 15) is 4.39 Å². The summed E-state index contributed by atoms with van der Waals surface area (Å²) in [7, 11) is 0. The summed E-state index contributed by atoms with van der Waals surface area (Å²) in [6.07, 6.45) is 0. The fourth-order valence-electron chi connectivity index (χ4n) is 1.07. The van der Waals surface area contributed by atoms with Gasteiger partial charge in [-0.1, -0.05) is 11.6 Å². The van der Waals surface area contributed by atoms with E-state index in [0.29, 0.717) is 5.82 Å². The Morgan fingerprint density at radius 3 is 2.67 bits per heavy atom. The van der Waals surface area contributed by atoms with Gasteiger partial charge in [-0.3, -0.25) is 0 Å². The lowest BCUT2D eigenvalue weighted by molar-refractivity contribution is 0.603. The molecule has 0 amide bonds. The summed E-state index contributed by atoms with van der Waals surface area (Å²) in [5, 5.41) is -0.137. The monoisotopic (exact) mass is 306 g/mol. The zero-order valence-electron chi connectivity index (χ0n) is 7.59. The van der Waals surface area contributed by atoms with Crippen molar-refractivity contribution in [2.75, 3.05) is 0 Å². The predicted molar refractivity (Wildman–Crippen MR) is 62.8 cm³/mol. The van der Waals surface area contributed by atoms with E-state index >= 15 is 0 Å². The summed E-state index contributed by atoms with van der Waals surface area (Å²) in [6, 6.07) is 3.74. The molecule has 2 aromatic heterocycles. The average Bonchev–Trinajstić information content (AvgIpc) is 2.60. The van der Waals surface area contributed by atoms with Crippen LogP contribution in [-0.4, -0.2) is 9.97 Å². The standard InChI is InChI=1S/C9H5BrClFN2S/c1-4-7(12)8(11)14-9(13-4)5-2-3-6(10)15-5/h2-3H,1H3. The Labute approximate surface area is 103 Å². The normalized spacial score (nSPS) is 10.7. The van der Waals surface area contributed by atoms with Gasteiger partial charge in [0, 0.05) is 0 Å². The molecule has 0 saturated carbocycles. The van der Waals surface area contributed by atoms with E-state index in [1.54, 1.807) is 6.92 Å². The molecule has 0 saturated heterocycles. The molecule has 0 unspecified atom stereocenters. The molecule has 0 bridgehead atoms. The highest BCUT2D eigenvalue weighted by atomic mass is 79.9. The zero-order chi connectivity index (χ0) is 11.0. The minimum atomic E-state index is -0.559. The number of rotatable bonds is 1. The molecule has 0 fully saturated rings. The summed E-state index contributed by atoms with van der Waals surface area (Å²) in [5.74, 6) is -0.106. The fraction of sp³-hybridized carbons (Fsp3) is 0.111. The molecule has 2 aromatic rings. The number of hydrogen-bond acceptors (Lipinski definition) is 3. The third kappa shape index (κ3) is 2.19. The molecule has 0 atom stereocenters. The second-order valence-electron chi connectivity index (χ2n) is 2.84. The highest BCUT2D eigenvalue weighted by Crippen LogP contribution is 2.30. The van der Waals surface area contributed by atoms with Gasteiger partial charge in [-0.05, 0) is 35.0 Å². The maximum absolute atomic E-state index is 13.2. The van der Waals surface area contributed by atoms with E-state index in [4.69, 9.17) is 11.6 Å². The second kappa shape index (κ2) is 4.15. The predicted octanol–water partition coefficient (Wildman–Crippen LogP) is 4.07. The van der Waals surface area contributed by atoms with Gasteiger partial charge in [0.1, 0.15) is 0 Å². The topological polar surface area (TPSA) is 25.8 Å². The Morgan fingerprint density at radius 1 is 1.40 bits per heavy atom. The van der Waals surface area contributed by atoms with Crippen LogP contribution in [0, 0.1) is 12.7 Å². The molecule has 2 rings (SSSR count). The largest absolute Gasteiger partial charge is 0.229 e. The van der Waals surface area contributed by atoms with Gasteiger partial charge in [0.25, 0.3) is 0 Å². The summed E-state index contributed by atoms with van der Waals surface area (Å²) in [6.45, 7) is 1.56. The summed E-state index contributed by atoms with van der Waals surface area (Å²) in [4.78, 5) is 8.78. The van der Waals surface area contributed by atoms with Gasteiger partial charge in [-0.25, -0.2) is 14.4 Å². The molecular weight excluding hydrogens is 303 g/mol. The molecule has 6 heteroatoms. The van der Waals surface area contributed by atoms with Gasteiger partial charge < -0.3 is 0 Å². The lowest BCUT2D eigenvalue weighted by Crippen LogP contribution is -1.96. The van der Waals surface area contributed by atoms with Crippen molar-refractivity contribution in [3.63, 3.8) is 0 Å². The molecule has 0 radical (unpaired) electrons. The van der Waals surface area contributed by atoms with Crippen LogP contribution in [0.15, 0.2) is 15.9 Å². The summed E-state index contributed by atoms with van der Waals surface area (Å²) >= 11 is 10.5. The first-order valence-corrected chi connectivity index (χ1v) is 6.02. The Bertz CT molecular complexity index is 492. The van der Waals surface area contributed by atoms with Crippen molar-refractivity contribution >= 4 is 38.9 Å². The zero-order valence-corrected chi connectivity index (χ0v) is 10.7. The van der Waals surface area contributed by atoms with Crippen molar-refractivity contribution < 1.29 is 4.39 Å². The summed E-state index contributed by atoms with van der Waals surface area (Å²) in [5.41, 5.74) is 0.259. The van der Waals surface area contributed by atoms with Crippen LogP contribution < -0.4 is 0 Å². The van der Waals surface area contributed by atoms with Gasteiger partial charge in [-0.2, -0.15) is 0 Å². The number of hydrogen-bond donors (Lipinski definition) is 0. The summed E-state index contributed by atoms with van der Waals surface area (Å²) < 4.78 is 14.1. The Morgan fingerprint density at radius 2 is 2.13 bits per heavy atom. The SMILES string of the molecule is Cc1nc(-c2ccc(Br)s2)nc(Cl)c1F. The van der Waals surface area contributed by atoms with E-state index in [0.717, 1.165) is 8.66 Å². The molecule has 15 heavy (non-hydrogen) atoms. The number of nitrogens with zero attached hydrogens (tertiary/aromatic N) is 2. The van der Waals surface area contributed by atoms with Crippen LogP contribution in [0.3, 0.4) is 0 Å². The fourth-order valence-corrected chi connectivity index (χ4v) is 2.61. The molecule has 78 valence electrons. The molecule has 0 aliphatic carbocycles. The maximum Gasteiger partial charge on any atom is 0.181 e. The Balaban J connectivity index is 2.55. The molecule has 0 N–H and O–H groups in total. The van der Waals surface area contributed by atoms with Crippen molar-refractivity contribution in [3.8, 4) is 10.7 Å². The molecule has 0 aromatic carbocycles. The van der Waals surface area contributed by atoms with Crippen LogP contribution in [0.25, 0.3) is 10.7 Å². The van der Waals surface area contributed by atoms with Crippen molar-refractivity contribution in [3.05, 3.63) is 32.6 Å². The van der Waals surface area contributed by atoms with E-state index in [1.165, 1.54) is 11.3 Å². The maximum atomic E-state index is 13.2. The van der Waals surface area contributed by atoms with E-state index in [2.05, 4.69) is 25.9 Å². The van der Waals surface area contributed by atoms with Crippen LogP contribution in [0.4, 0.5) is 4.39 Å². The van der Waals surface area contributed by atoms with Crippen LogP contribution >= 0.6 is 38.9 Å².